The summed E-state index contributed by atoms with van der Waals surface area (Å²) < 4.78 is 0. The summed E-state index contributed by atoms with van der Waals surface area (Å²) in [6.45, 7) is 11.3. The van der Waals surface area contributed by atoms with Crippen LogP contribution in [0.5, 0.6) is 23.0 Å². The molecule has 0 amide bonds. The quantitative estimate of drug-likeness (QED) is 0.237. The van der Waals surface area contributed by atoms with Crippen LogP contribution in [0.4, 0.5) is 0 Å². The molecule has 0 saturated heterocycles. The van der Waals surface area contributed by atoms with Crippen molar-refractivity contribution < 1.29 is 30.0 Å². The first-order chi connectivity index (χ1) is 15.9. The van der Waals surface area contributed by atoms with Gasteiger partial charge in [0.2, 0.25) is 0 Å². The number of carbonyl (C=O) groups excluding carboxylic acids is 2. The highest BCUT2D eigenvalue weighted by Crippen LogP contribution is 2.27. The summed E-state index contributed by atoms with van der Waals surface area (Å²) in [5.74, 6) is -0.101. The number of phenols is 4. The van der Waals surface area contributed by atoms with Crippen molar-refractivity contribution in [3.8, 4) is 23.0 Å². The van der Waals surface area contributed by atoms with Gasteiger partial charge in [-0.2, -0.15) is 0 Å². The van der Waals surface area contributed by atoms with Gasteiger partial charge in [0.05, 0.1) is 0 Å². The Morgan fingerprint density at radius 3 is 1.62 bits per heavy atom. The second kappa shape index (κ2) is 13.4. The lowest BCUT2D eigenvalue weighted by molar-refractivity contribution is -0.127. The molecular formula is C28H38O6. The van der Waals surface area contributed by atoms with E-state index in [1.807, 2.05) is 20.8 Å². The SMILES string of the molecule is C=C(C)C(=O)CCCc1ccc(O)c(O)c1.CCC(C)(C)C(=O)CCCc1ccc(O)c(O)c1. The molecule has 0 aliphatic carbocycles. The van der Waals surface area contributed by atoms with Gasteiger partial charge >= 0.3 is 0 Å². The topological polar surface area (TPSA) is 115 Å². The van der Waals surface area contributed by atoms with Crippen LogP contribution in [0.15, 0.2) is 48.6 Å². The van der Waals surface area contributed by atoms with Crippen molar-refractivity contribution in [2.24, 2.45) is 5.41 Å². The van der Waals surface area contributed by atoms with E-state index in [0.29, 0.717) is 24.8 Å². The van der Waals surface area contributed by atoms with Crippen LogP contribution in [-0.2, 0) is 22.4 Å². The summed E-state index contributed by atoms with van der Waals surface area (Å²) in [7, 11) is 0. The maximum absolute atomic E-state index is 11.9. The molecule has 0 atom stereocenters. The maximum Gasteiger partial charge on any atom is 0.157 e. The molecule has 2 aromatic rings. The predicted octanol–water partition coefficient (Wildman–Crippen LogP) is 5.99. The van der Waals surface area contributed by atoms with Crippen molar-refractivity contribution in [1.29, 1.82) is 0 Å². The molecule has 2 rings (SSSR count). The lowest BCUT2D eigenvalue weighted by Crippen LogP contribution is -2.23. The molecule has 0 saturated carbocycles. The molecule has 0 radical (unpaired) electrons. The summed E-state index contributed by atoms with van der Waals surface area (Å²) in [4.78, 5) is 23.2. The van der Waals surface area contributed by atoms with Crippen molar-refractivity contribution in [3.05, 3.63) is 59.7 Å². The zero-order valence-electron chi connectivity index (χ0n) is 20.7. The third-order valence-electron chi connectivity index (χ3n) is 5.93. The van der Waals surface area contributed by atoms with E-state index in [4.69, 9.17) is 5.11 Å². The second-order valence-corrected chi connectivity index (χ2v) is 9.22. The molecule has 0 bridgehead atoms. The van der Waals surface area contributed by atoms with Gasteiger partial charge in [-0.25, -0.2) is 0 Å². The average Bonchev–Trinajstić information content (AvgIpc) is 2.78. The number of benzene rings is 2. The molecule has 0 heterocycles. The largest absolute Gasteiger partial charge is 0.504 e. The van der Waals surface area contributed by atoms with E-state index in [1.165, 1.54) is 18.2 Å². The van der Waals surface area contributed by atoms with E-state index >= 15 is 0 Å². The fourth-order valence-corrected chi connectivity index (χ4v) is 3.10. The van der Waals surface area contributed by atoms with Gasteiger partial charge in [0.25, 0.3) is 0 Å². The fourth-order valence-electron chi connectivity index (χ4n) is 3.10. The Labute approximate surface area is 202 Å². The summed E-state index contributed by atoms with van der Waals surface area (Å²) in [5.41, 5.74) is 2.18. The van der Waals surface area contributed by atoms with Crippen LogP contribution in [-0.4, -0.2) is 32.0 Å². The monoisotopic (exact) mass is 470 g/mol. The van der Waals surface area contributed by atoms with Gasteiger partial charge < -0.3 is 20.4 Å². The van der Waals surface area contributed by atoms with Crippen LogP contribution in [0, 0.1) is 5.41 Å². The highest BCUT2D eigenvalue weighted by atomic mass is 16.3. The summed E-state index contributed by atoms with van der Waals surface area (Å²) in [6.07, 6.45) is 4.81. The molecule has 6 heteroatoms. The molecule has 0 unspecified atom stereocenters. The Morgan fingerprint density at radius 1 is 0.794 bits per heavy atom. The van der Waals surface area contributed by atoms with Gasteiger partial charge in [-0.1, -0.05) is 39.5 Å². The number of rotatable bonds is 11. The van der Waals surface area contributed by atoms with Crippen molar-refractivity contribution in [2.75, 3.05) is 0 Å². The van der Waals surface area contributed by atoms with Gasteiger partial charge in [-0.15, -0.1) is 0 Å². The molecule has 0 aromatic heterocycles. The van der Waals surface area contributed by atoms with Crippen LogP contribution < -0.4 is 0 Å². The molecule has 2 aromatic carbocycles. The van der Waals surface area contributed by atoms with Crippen LogP contribution >= 0.6 is 0 Å². The van der Waals surface area contributed by atoms with E-state index in [0.717, 1.165) is 36.8 Å². The lowest BCUT2D eigenvalue weighted by atomic mass is 9.83. The smallest absolute Gasteiger partial charge is 0.157 e. The molecule has 6 nitrogen and oxygen atoms in total. The van der Waals surface area contributed by atoms with Gasteiger partial charge in [-0.3, -0.25) is 9.59 Å². The molecule has 4 N–H and O–H groups in total. The first-order valence-electron chi connectivity index (χ1n) is 11.6. The Kier molecular flexibility index (Phi) is 11.4. The minimum atomic E-state index is -0.239. The number of phenolic OH excluding ortho intramolecular Hbond substituents is 4. The fraction of sp³-hybridized carbons (Fsp3) is 0.429. The molecule has 0 aliphatic rings. The van der Waals surface area contributed by atoms with Gasteiger partial charge in [0.15, 0.2) is 28.8 Å². The maximum atomic E-state index is 11.9. The number of hydrogen-bond donors (Lipinski definition) is 4. The van der Waals surface area contributed by atoms with E-state index in [9.17, 15) is 24.9 Å². The number of carbonyl (C=O) groups is 2. The summed E-state index contributed by atoms with van der Waals surface area (Å²) in [6, 6.07) is 9.49. The first kappa shape index (κ1) is 28.8. The van der Waals surface area contributed by atoms with Crippen molar-refractivity contribution in [3.63, 3.8) is 0 Å². The Morgan fingerprint density at radius 2 is 1.24 bits per heavy atom. The third-order valence-corrected chi connectivity index (χ3v) is 5.93. The van der Waals surface area contributed by atoms with E-state index < -0.39 is 0 Å². The molecule has 34 heavy (non-hydrogen) atoms. The van der Waals surface area contributed by atoms with Gasteiger partial charge in [-0.05, 0) is 80.0 Å². The normalized spacial score (nSPS) is 10.8. The zero-order chi connectivity index (χ0) is 25.9. The summed E-state index contributed by atoms with van der Waals surface area (Å²) >= 11 is 0. The third kappa shape index (κ3) is 9.69. The average molecular weight is 471 g/mol. The summed E-state index contributed by atoms with van der Waals surface area (Å²) in [5, 5.41) is 36.9. The lowest BCUT2D eigenvalue weighted by Gasteiger charge is -2.20. The highest BCUT2D eigenvalue weighted by Gasteiger charge is 2.24. The number of aryl methyl sites for hydroxylation is 2. The number of hydrogen-bond acceptors (Lipinski definition) is 6. The molecule has 0 aliphatic heterocycles. The number of allylic oxidation sites excluding steroid dienone is 1. The second-order valence-electron chi connectivity index (χ2n) is 9.22. The Bertz CT molecular complexity index is 990. The van der Waals surface area contributed by atoms with Gasteiger partial charge in [0, 0.05) is 18.3 Å². The van der Waals surface area contributed by atoms with Crippen LogP contribution in [0.3, 0.4) is 0 Å². The number of Topliss-reactive ketones (excluding diaryl/α,β-unsaturated/α-hetero) is 2. The predicted molar refractivity (Wildman–Crippen MR) is 134 cm³/mol. The molecule has 0 spiro atoms. The van der Waals surface area contributed by atoms with Crippen LogP contribution in [0.1, 0.15) is 70.9 Å². The van der Waals surface area contributed by atoms with Crippen LogP contribution in [0.25, 0.3) is 0 Å². The van der Waals surface area contributed by atoms with Crippen molar-refractivity contribution in [2.45, 2.75) is 72.6 Å². The zero-order valence-corrected chi connectivity index (χ0v) is 20.7. The molecule has 0 fully saturated rings. The van der Waals surface area contributed by atoms with Crippen LogP contribution in [0.2, 0.25) is 0 Å². The van der Waals surface area contributed by atoms with Crippen molar-refractivity contribution in [1.82, 2.24) is 0 Å². The number of aromatic hydroxyl groups is 4. The highest BCUT2D eigenvalue weighted by molar-refractivity contribution is 5.94. The molecule has 186 valence electrons. The number of ketones is 2. The first-order valence-corrected chi connectivity index (χ1v) is 11.6. The molecular weight excluding hydrogens is 432 g/mol. The minimum Gasteiger partial charge on any atom is -0.504 e. The van der Waals surface area contributed by atoms with Crippen molar-refractivity contribution >= 4 is 11.6 Å². The minimum absolute atomic E-state index is 0.0722. The van der Waals surface area contributed by atoms with E-state index in [2.05, 4.69) is 6.58 Å². The Hall–Kier alpha value is -3.28. The van der Waals surface area contributed by atoms with E-state index in [-0.39, 0.29) is 40.0 Å². The standard InChI is InChI=1S/C15H22O3.C13H16O3/c1-4-15(2,3)14(18)7-5-6-11-8-9-12(16)13(17)10-11;1-9(2)11(14)5-3-4-10-6-7-12(15)13(16)8-10/h8-10,16-17H,4-7H2,1-3H3;6-8,15-16H,1,3-5H2,2H3. The van der Waals surface area contributed by atoms with E-state index in [1.54, 1.807) is 25.1 Å². The Balaban J connectivity index is 0.000000342. The van der Waals surface area contributed by atoms with Gasteiger partial charge in [0.1, 0.15) is 5.78 Å².